The molecule has 2 amide bonds. The quantitative estimate of drug-likeness (QED) is 0.659. The third-order valence-electron chi connectivity index (χ3n) is 4.54. The molecule has 0 spiro atoms. The van der Waals surface area contributed by atoms with E-state index >= 15 is 0 Å². The van der Waals surface area contributed by atoms with Gasteiger partial charge in [0.05, 0.1) is 5.75 Å². The molecule has 0 radical (unpaired) electrons. The number of hydroxylamine groups is 2. The van der Waals surface area contributed by atoms with Gasteiger partial charge in [-0.15, -0.1) is 4.28 Å². The number of piperidine rings is 1. The van der Waals surface area contributed by atoms with Crippen LogP contribution >= 0.6 is 0 Å². The van der Waals surface area contributed by atoms with Crippen molar-refractivity contribution in [1.82, 2.24) is 9.96 Å². The zero-order valence-corrected chi connectivity index (χ0v) is 16.6. The summed E-state index contributed by atoms with van der Waals surface area (Å²) in [4.78, 5) is 25.9. The summed E-state index contributed by atoms with van der Waals surface area (Å²) in [6.07, 6.45) is 1.88. The summed E-state index contributed by atoms with van der Waals surface area (Å²) < 4.78 is 28.3. The molecule has 0 aliphatic carbocycles. The summed E-state index contributed by atoms with van der Waals surface area (Å²) in [5.74, 6) is -0.983. The molecule has 9 heteroatoms. The van der Waals surface area contributed by atoms with Gasteiger partial charge in [-0.3, -0.25) is 14.5 Å². The molecule has 2 N–H and O–H groups in total. The fourth-order valence-electron chi connectivity index (χ4n) is 3.11. The third kappa shape index (κ3) is 6.30. The van der Waals surface area contributed by atoms with Crippen LogP contribution in [0, 0.1) is 5.92 Å². The molecular weight excluding hydrogens is 370 g/mol. The largest absolute Gasteiger partial charge is 0.369 e. The summed E-state index contributed by atoms with van der Waals surface area (Å²) >= 11 is 0. The number of carbonyl (C=O) groups is 2. The molecule has 0 atom stereocenters. The van der Waals surface area contributed by atoms with E-state index in [1.54, 1.807) is 25.1 Å². The second-order valence-electron chi connectivity index (χ2n) is 6.79. The first-order valence-electron chi connectivity index (χ1n) is 9.02. The van der Waals surface area contributed by atoms with Gasteiger partial charge in [0.25, 0.3) is 16.0 Å². The van der Waals surface area contributed by atoms with Crippen LogP contribution in [0.1, 0.15) is 42.1 Å². The van der Waals surface area contributed by atoms with Gasteiger partial charge in [-0.05, 0) is 50.0 Å². The Hall–Kier alpha value is -1.97. The van der Waals surface area contributed by atoms with Gasteiger partial charge in [-0.2, -0.15) is 8.42 Å². The molecule has 1 saturated heterocycles. The second kappa shape index (κ2) is 9.29. The number of benzene rings is 1. The lowest BCUT2D eigenvalue weighted by Gasteiger charge is -2.30. The van der Waals surface area contributed by atoms with E-state index in [1.807, 2.05) is 6.07 Å². The molecule has 8 nitrogen and oxygen atoms in total. The summed E-state index contributed by atoms with van der Waals surface area (Å²) in [6, 6.07) is 7.02. The topological polar surface area (TPSA) is 110 Å². The zero-order valence-electron chi connectivity index (χ0n) is 15.8. The van der Waals surface area contributed by atoms with Crippen LogP contribution in [0.5, 0.6) is 0 Å². The van der Waals surface area contributed by atoms with E-state index < -0.39 is 16.0 Å². The van der Waals surface area contributed by atoms with Gasteiger partial charge < -0.3 is 5.73 Å². The van der Waals surface area contributed by atoms with Gasteiger partial charge in [0.2, 0.25) is 5.91 Å². The Morgan fingerprint density at radius 2 is 1.96 bits per heavy atom. The first-order chi connectivity index (χ1) is 12.7. The van der Waals surface area contributed by atoms with Crippen LogP contribution in [0.25, 0.3) is 0 Å². The predicted octanol–water partition coefficient (Wildman–Crippen LogP) is 1.13. The van der Waals surface area contributed by atoms with Crippen molar-refractivity contribution in [3.8, 4) is 0 Å². The third-order valence-corrected chi connectivity index (χ3v) is 5.89. The van der Waals surface area contributed by atoms with Gasteiger partial charge in [0, 0.05) is 25.1 Å². The lowest BCUT2D eigenvalue weighted by Crippen LogP contribution is -2.38. The molecule has 1 fully saturated rings. The summed E-state index contributed by atoms with van der Waals surface area (Å²) in [7, 11) is -2.48. The Morgan fingerprint density at radius 3 is 2.56 bits per heavy atom. The highest BCUT2D eigenvalue weighted by Crippen LogP contribution is 2.19. The van der Waals surface area contributed by atoms with Crippen molar-refractivity contribution in [3.63, 3.8) is 0 Å². The molecule has 1 aromatic rings. The van der Waals surface area contributed by atoms with E-state index in [2.05, 4.69) is 4.90 Å². The predicted molar refractivity (Wildman–Crippen MR) is 101 cm³/mol. The van der Waals surface area contributed by atoms with Crippen molar-refractivity contribution in [2.45, 2.75) is 32.7 Å². The minimum absolute atomic E-state index is 0.0648. The van der Waals surface area contributed by atoms with Crippen LogP contribution in [0.3, 0.4) is 0 Å². The van der Waals surface area contributed by atoms with Crippen molar-refractivity contribution >= 4 is 21.9 Å². The number of hydrogen-bond donors (Lipinski definition) is 1. The van der Waals surface area contributed by atoms with Crippen molar-refractivity contribution in [1.29, 1.82) is 0 Å². The van der Waals surface area contributed by atoms with E-state index in [9.17, 15) is 18.0 Å². The Kier molecular flexibility index (Phi) is 7.34. The highest BCUT2D eigenvalue weighted by molar-refractivity contribution is 7.86. The summed E-state index contributed by atoms with van der Waals surface area (Å²) in [6.45, 7) is 3.90. The number of likely N-dealkylation sites (tertiary alicyclic amines) is 1. The van der Waals surface area contributed by atoms with Crippen molar-refractivity contribution in [3.05, 3.63) is 35.4 Å². The van der Waals surface area contributed by atoms with E-state index in [0.29, 0.717) is 18.5 Å². The number of nitrogens with two attached hydrogens (primary N) is 1. The smallest absolute Gasteiger partial charge is 0.288 e. The van der Waals surface area contributed by atoms with Crippen molar-refractivity contribution in [2.24, 2.45) is 11.7 Å². The van der Waals surface area contributed by atoms with E-state index in [1.165, 1.54) is 7.05 Å². The maximum absolute atomic E-state index is 12.5. The Bertz CT molecular complexity index is 773. The van der Waals surface area contributed by atoms with Gasteiger partial charge in [0.15, 0.2) is 0 Å². The zero-order chi connectivity index (χ0) is 20.0. The molecule has 1 aromatic carbocycles. The van der Waals surface area contributed by atoms with Crippen LogP contribution in [0.4, 0.5) is 0 Å². The average molecular weight is 397 g/mol. The van der Waals surface area contributed by atoms with Crippen LogP contribution < -0.4 is 5.73 Å². The molecule has 0 bridgehead atoms. The van der Waals surface area contributed by atoms with Crippen LogP contribution in [0.2, 0.25) is 0 Å². The minimum Gasteiger partial charge on any atom is -0.369 e. The molecule has 1 aliphatic heterocycles. The summed E-state index contributed by atoms with van der Waals surface area (Å²) in [5.41, 5.74) is 6.64. The van der Waals surface area contributed by atoms with Crippen molar-refractivity contribution < 1.29 is 22.3 Å². The number of nitrogens with zero attached hydrogens (tertiary/aromatic N) is 2. The highest BCUT2D eigenvalue weighted by atomic mass is 32.2. The maximum Gasteiger partial charge on any atom is 0.288 e. The second-order valence-corrected chi connectivity index (χ2v) is 8.46. The number of amides is 2. The normalized spacial score (nSPS) is 16.2. The van der Waals surface area contributed by atoms with E-state index in [-0.39, 0.29) is 17.6 Å². The molecule has 150 valence electrons. The Morgan fingerprint density at radius 1 is 1.30 bits per heavy atom. The number of carbonyl (C=O) groups excluding carboxylic acids is 2. The fraction of sp³-hybridized carbons (Fsp3) is 0.556. The fourth-order valence-corrected chi connectivity index (χ4v) is 4.09. The first-order valence-corrected chi connectivity index (χ1v) is 10.6. The lowest BCUT2D eigenvalue weighted by atomic mass is 9.96. The molecular formula is C18H27N3O5S. The minimum atomic E-state index is -3.77. The molecule has 1 aliphatic rings. The molecule has 0 saturated carbocycles. The van der Waals surface area contributed by atoms with Crippen molar-refractivity contribution in [2.75, 3.05) is 25.9 Å². The molecule has 0 unspecified atom stereocenters. The number of primary amides is 1. The number of hydrogen-bond acceptors (Lipinski definition) is 6. The van der Waals surface area contributed by atoms with E-state index in [0.717, 1.165) is 36.6 Å². The summed E-state index contributed by atoms with van der Waals surface area (Å²) in [5, 5.41) is 0.752. The molecule has 2 rings (SSSR count). The van der Waals surface area contributed by atoms with Crippen LogP contribution in [-0.4, -0.2) is 56.1 Å². The Labute approximate surface area is 160 Å². The monoisotopic (exact) mass is 397 g/mol. The standard InChI is InChI=1S/C18H27N3O5S/c1-3-11-27(24,25)26-20(2)18(23)16-6-4-5-14(12-16)13-21-9-7-15(8-10-21)17(19)22/h4-6,12,15H,3,7-11,13H2,1-2H3,(H2,19,22). The van der Waals surface area contributed by atoms with Gasteiger partial charge in [0.1, 0.15) is 0 Å². The first kappa shape index (κ1) is 21.3. The highest BCUT2D eigenvalue weighted by Gasteiger charge is 2.24. The Balaban J connectivity index is 1.98. The lowest BCUT2D eigenvalue weighted by molar-refractivity contribution is -0.123. The van der Waals surface area contributed by atoms with Crippen LogP contribution in [-0.2, 0) is 25.7 Å². The number of rotatable bonds is 8. The SMILES string of the molecule is CCCS(=O)(=O)ON(C)C(=O)c1cccc(CN2CCC(C(N)=O)CC2)c1. The van der Waals surface area contributed by atoms with Crippen LogP contribution in [0.15, 0.2) is 24.3 Å². The van der Waals surface area contributed by atoms with Gasteiger partial charge in [-0.1, -0.05) is 19.1 Å². The van der Waals surface area contributed by atoms with Gasteiger partial charge >= 0.3 is 0 Å². The molecule has 1 heterocycles. The maximum atomic E-state index is 12.5. The van der Waals surface area contributed by atoms with E-state index in [4.69, 9.17) is 10.0 Å². The average Bonchev–Trinajstić information content (AvgIpc) is 2.61. The molecule has 27 heavy (non-hydrogen) atoms. The van der Waals surface area contributed by atoms with Gasteiger partial charge in [-0.25, -0.2) is 5.06 Å². The molecule has 0 aromatic heterocycles.